The number of nitriles is 1. The fraction of sp³-hybridized carbons (Fsp3) is 0.531. The van der Waals surface area contributed by atoms with Gasteiger partial charge in [-0.05, 0) is 62.1 Å². The smallest absolute Gasteiger partial charge is 0.225 e. The number of thiophene rings is 1. The summed E-state index contributed by atoms with van der Waals surface area (Å²) < 4.78 is 0. The summed E-state index contributed by atoms with van der Waals surface area (Å²) in [5, 5.41) is 19.7. The third kappa shape index (κ3) is 7.62. The summed E-state index contributed by atoms with van der Waals surface area (Å²) in [6.07, 6.45) is 10.4. The standard InChI is InChI=1S/C32H44N8S/c1-22(24-10-8-11-28-29(24)25(20-33)30(41-28)36-21-38(6)7)18-26(34)27-12-13-35-31(37-27)40-15-9-14-39(16-17-40)23(2)19-32(3,4)5/h12-13,18,21,24,34H,2,8-11,14-17,19H2,1,3-7H3/b22-18+,34-26?,36-21?. The number of rotatable bonds is 8. The fourth-order valence-electron chi connectivity index (χ4n) is 5.68. The normalized spacial score (nSPS) is 18.2. The maximum Gasteiger partial charge on any atom is 0.225 e. The van der Waals surface area contributed by atoms with Crippen LogP contribution in [0.3, 0.4) is 0 Å². The Morgan fingerprint density at radius 1 is 1.27 bits per heavy atom. The van der Waals surface area contributed by atoms with E-state index >= 15 is 0 Å². The van der Waals surface area contributed by atoms with Gasteiger partial charge in [0, 0.05) is 63.0 Å². The zero-order valence-electron chi connectivity index (χ0n) is 25.5. The molecule has 3 heterocycles. The van der Waals surface area contributed by atoms with E-state index in [9.17, 15) is 5.26 Å². The lowest BCUT2D eigenvalue weighted by atomic mass is 9.80. The van der Waals surface area contributed by atoms with Crippen LogP contribution >= 0.6 is 11.3 Å². The van der Waals surface area contributed by atoms with Crippen LogP contribution in [-0.4, -0.2) is 72.1 Å². The SMILES string of the molecule is C=C(CC(C)(C)C)N1CCCN(c2nccc(C(=N)/C=C(\C)C3CCCc4sc(N=CN(C)C)c(C#N)c43)n2)CC1. The van der Waals surface area contributed by atoms with Gasteiger partial charge < -0.3 is 14.7 Å². The largest absolute Gasteiger partial charge is 0.373 e. The Hall–Kier alpha value is -3.51. The molecule has 1 fully saturated rings. The van der Waals surface area contributed by atoms with E-state index in [0.717, 1.165) is 74.4 Å². The topological polar surface area (TPSA) is 95.5 Å². The van der Waals surface area contributed by atoms with Crippen LogP contribution in [0.25, 0.3) is 0 Å². The van der Waals surface area contributed by atoms with Crippen LogP contribution in [0, 0.1) is 22.2 Å². The second kappa shape index (κ2) is 13.0. The summed E-state index contributed by atoms with van der Waals surface area (Å²) in [7, 11) is 3.85. The third-order valence-electron chi connectivity index (χ3n) is 7.57. The first-order valence-electron chi connectivity index (χ1n) is 14.5. The Labute approximate surface area is 249 Å². The summed E-state index contributed by atoms with van der Waals surface area (Å²) in [5.41, 5.74) is 5.26. The molecule has 0 radical (unpaired) electrons. The van der Waals surface area contributed by atoms with Gasteiger partial charge >= 0.3 is 0 Å². The number of anilines is 1. The van der Waals surface area contributed by atoms with E-state index in [2.05, 4.69) is 60.1 Å². The molecule has 1 aliphatic heterocycles. The number of allylic oxidation sites excluding steroid dienone is 3. The Morgan fingerprint density at radius 3 is 2.76 bits per heavy atom. The van der Waals surface area contributed by atoms with Crippen molar-refractivity contribution < 1.29 is 0 Å². The van der Waals surface area contributed by atoms with E-state index in [-0.39, 0.29) is 11.3 Å². The van der Waals surface area contributed by atoms with Crippen molar-refractivity contribution in [1.29, 1.82) is 10.7 Å². The number of aryl methyl sites for hydroxylation is 1. The van der Waals surface area contributed by atoms with Crippen molar-refractivity contribution >= 4 is 34.3 Å². The van der Waals surface area contributed by atoms with Crippen molar-refractivity contribution in [3.63, 3.8) is 0 Å². The monoisotopic (exact) mass is 572 g/mol. The van der Waals surface area contributed by atoms with E-state index in [1.165, 1.54) is 10.6 Å². The molecule has 1 atom stereocenters. The van der Waals surface area contributed by atoms with Gasteiger partial charge in [0.25, 0.3) is 0 Å². The number of aliphatic imine (C=N–C) groups is 1. The van der Waals surface area contributed by atoms with Crippen LogP contribution in [0.2, 0.25) is 0 Å². The highest BCUT2D eigenvalue weighted by Gasteiger charge is 2.29. The lowest BCUT2D eigenvalue weighted by Gasteiger charge is -2.30. The van der Waals surface area contributed by atoms with Gasteiger partial charge in [-0.1, -0.05) is 32.9 Å². The molecule has 41 heavy (non-hydrogen) atoms. The van der Waals surface area contributed by atoms with Gasteiger partial charge in [-0.2, -0.15) is 5.26 Å². The molecule has 0 spiro atoms. The molecule has 9 heteroatoms. The fourth-order valence-corrected chi connectivity index (χ4v) is 6.87. The van der Waals surface area contributed by atoms with Crippen LogP contribution in [0.1, 0.15) is 81.0 Å². The molecule has 1 saturated heterocycles. The second-order valence-electron chi connectivity index (χ2n) is 12.6. The van der Waals surface area contributed by atoms with Gasteiger partial charge in [-0.15, -0.1) is 11.3 Å². The Bertz CT molecular complexity index is 1370. The van der Waals surface area contributed by atoms with E-state index < -0.39 is 0 Å². The van der Waals surface area contributed by atoms with Gasteiger partial charge in [-0.25, -0.2) is 15.0 Å². The predicted octanol–water partition coefficient (Wildman–Crippen LogP) is 6.53. The van der Waals surface area contributed by atoms with Gasteiger partial charge in [0.2, 0.25) is 5.95 Å². The highest BCUT2D eigenvalue weighted by molar-refractivity contribution is 7.16. The van der Waals surface area contributed by atoms with E-state index in [0.29, 0.717) is 22.9 Å². The lowest BCUT2D eigenvalue weighted by Crippen LogP contribution is -2.32. The Morgan fingerprint density at radius 2 is 2.05 bits per heavy atom. The minimum Gasteiger partial charge on any atom is -0.373 e. The zero-order valence-corrected chi connectivity index (χ0v) is 26.3. The molecule has 1 unspecified atom stereocenters. The number of hydrogen-bond donors (Lipinski definition) is 1. The number of hydrogen-bond acceptors (Lipinski definition) is 8. The quantitative estimate of drug-likeness (QED) is 0.286. The molecule has 0 bridgehead atoms. The third-order valence-corrected chi connectivity index (χ3v) is 8.74. The maximum absolute atomic E-state index is 10.0. The van der Waals surface area contributed by atoms with Gasteiger partial charge in [-0.3, -0.25) is 5.41 Å². The average molecular weight is 573 g/mol. The predicted molar refractivity (Wildman–Crippen MR) is 171 cm³/mol. The highest BCUT2D eigenvalue weighted by Crippen LogP contribution is 2.46. The molecule has 0 amide bonds. The highest BCUT2D eigenvalue weighted by atomic mass is 32.1. The number of nitrogens with one attached hydrogen (secondary N) is 1. The zero-order chi connectivity index (χ0) is 29.7. The molecule has 2 aromatic rings. The summed E-state index contributed by atoms with van der Waals surface area (Å²) in [6.45, 7) is 16.8. The number of aromatic nitrogens is 2. The summed E-state index contributed by atoms with van der Waals surface area (Å²) in [4.78, 5) is 21.7. The van der Waals surface area contributed by atoms with E-state index in [1.54, 1.807) is 23.9 Å². The first-order valence-corrected chi connectivity index (χ1v) is 15.3. The van der Waals surface area contributed by atoms with Crippen molar-refractivity contribution in [2.45, 2.75) is 65.7 Å². The molecular weight excluding hydrogens is 528 g/mol. The molecule has 0 saturated carbocycles. The molecule has 1 N–H and O–H groups in total. The Kier molecular flexibility index (Phi) is 9.64. The summed E-state index contributed by atoms with van der Waals surface area (Å²) >= 11 is 1.63. The summed E-state index contributed by atoms with van der Waals surface area (Å²) in [6, 6.07) is 4.25. The van der Waals surface area contributed by atoms with Crippen LogP contribution in [-0.2, 0) is 6.42 Å². The van der Waals surface area contributed by atoms with Crippen LogP contribution in [0.4, 0.5) is 10.9 Å². The van der Waals surface area contributed by atoms with Gasteiger partial charge in [0.1, 0.15) is 11.1 Å². The molecule has 4 rings (SSSR count). The van der Waals surface area contributed by atoms with E-state index in [4.69, 9.17) is 10.4 Å². The molecule has 0 aromatic carbocycles. The van der Waals surface area contributed by atoms with Crippen molar-refractivity contribution in [2.24, 2.45) is 10.4 Å². The second-order valence-corrected chi connectivity index (χ2v) is 13.6. The maximum atomic E-state index is 10.0. The Balaban J connectivity index is 1.50. The van der Waals surface area contributed by atoms with E-state index in [1.807, 2.05) is 31.1 Å². The summed E-state index contributed by atoms with van der Waals surface area (Å²) in [5.74, 6) is 0.780. The number of nitrogens with zero attached hydrogens (tertiary/aromatic N) is 7. The van der Waals surface area contributed by atoms with Crippen LogP contribution < -0.4 is 4.90 Å². The molecule has 2 aromatic heterocycles. The molecule has 8 nitrogen and oxygen atoms in total. The van der Waals surface area contributed by atoms with Crippen molar-refractivity contribution in [1.82, 2.24) is 19.8 Å². The van der Waals surface area contributed by atoms with Gasteiger partial charge in [0.05, 0.1) is 23.3 Å². The number of fused-ring (bicyclic) bond motifs is 1. The van der Waals surface area contributed by atoms with Crippen molar-refractivity contribution in [3.8, 4) is 6.07 Å². The average Bonchev–Trinajstić information content (AvgIpc) is 3.09. The lowest BCUT2D eigenvalue weighted by molar-refractivity contribution is 0.303. The molecule has 1 aliphatic carbocycles. The minimum absolute atomic E-state index is 0.104. The van der Waals surface area contributed by atoms with Crippen LogP contribution in [0.15, 0.2) is 41.2 Å². The minimum atomic E-state index is 0.104. The first kappa shape index (κ1) is 30.4. The van der Waals surface area contributed by atoms with Crippen molar-refractivity contribution in [3.05, 3.63) is 57.9 Å². The molecule has 218 valence electrons. The van der Waals surface area contributed by atoms with Crippen molar-refractivity contribution in [2.75, 3.05) is 45.2 Å². The first-order chi connectivity index (χ1) is 19.5. The molecular formula is C32H44N8S. The van der Waals surface area contributed by atoms with Crippen LogP contribution in [0.5, 0.6) is 0 Å². The molecule has 2 aliphatic rings. The van der Waals surface area contributed by atoms with Gasteiger partial charge in [0.15, 0.2) is 0 Å².